The van der Waals surface area contributed by atoms with Gasteiger partial charge in [-0.05, 0) is 81.6 Å². The fraction of sp³-hybridized carbons (Fsp3) is 0.481. The van der Waals surface area contributed by atoms with Crippen LogP contribution in [0.25, 0.3) is 11.0 Å². The number of unbranched alkanes of at least 4 members (excludes halogenated alkanes) is 1. The summed E-state index contributed by atoms with van der Waals surface area (Å²) in [4.78, 5) is 16.1. The first kappa shape index (κ1) is 22.5. The molecule has 4 heterocycles. The predicted molar refractivity (Wildman–Crippen MR) is 128 cm³/mol. The molecule has 6 rings (SSSR count). The zero-order valence-electron chi connectivity index (χ0n) is 19.6. The van der Waals surface area contributed by atoms with Gasteiger partial charge in [0.15, 0.2) is 5.58 Å². The smallest absolute Gasteiger partial charge is 0.227 e. The molecule has 184 valence electrons. The topological polar surface area (TPSA) is 58.8 Å². The number of piperidine rings is 1. The predicted octanol–water partition coefficient (Wildman–Crippen LogP) is 5.31. The van der Waals surface area contributed by atoms with Gasteiger partial charge >= 0.3 is 0 Å². The maximum absolute atomic E-state index is 14.5. The zero-order chi connectivity index (χ0) is 23.9. The lowest BCUT2D eigenvalue weighted by atomic mass is 9.91. The van der Waals surface area contributed by atoms with Gasteiger partial charge in [0.2, 0.25) is 5.91 Å². The number of carbonyl (C=O) groups is 1. The van der Waals surface area contributed by atoms with Crippen molar-refractivity contribution in [3.63, 3.8) is 0 Å². The number of ether oxygens (including phenoxy) is 1. The third-order valence-electron chi connectivity index (χ3n) is 7.62. The Kier molecular flexibility index (Phi) is 5.92. The molecule has 1 amide bonds. The van der Waals surface area contributed by atoms with E-state index < -0.39 is 6.17 Å². The summed E-state index contributed by atoms with van der Waals surface area (Å²) in [5, 5.41) is 5.15. The summed E-state index contributed by atoms with van der Waals surface area (Å²) in [6.45, 7) is 3.74. The van der Waals surface area contributed by atoms with E-state index in [0.717, 1.165) is 67.6 Å². The Morgan fingerprint density at radius 1 is 1.11 bits per heavy atom. The normalized spacial score (nSPS) is 20.6. The van der Waals surface area contributed by atoms with Crippen LogP contribution in [0.5, 0.6) is 5.75 Å². The number of amides is 1. The fourth-order valence-electron chi connectivity index (χ4n) is 5.77. The number of nitrogens with zero attached hydrogens (tertiary/aromatic N) is 3. The van der Waals surface area contributed by atoms with Crippen molar-refractivity contribution in [2.45, 2.75) is 50.6 Å². The summed E-state index contributed by atoms with van der Waals surface area (Å²) >= 11 is 0. The van der Waals surface area contributed by atoms with E-state index in [9.17, 15) is 13.6 Å². The molecule has 35 heavy (non-hydrogen) atoms. The third-order valence-corrected chi connectivity index (χ3v) is 7.62. The van der Waals surface area contributed by atoms with E-state index in [0.29, 0.717) is 42.3 Å². The molecule has 0 N–H and O–H groups in total. The largest absolute Gasteiger partial charge is 0.494 e. The van der Waals surface area contributed by atoms with Crippen LogP contribution in [-0.2, 0) is 11.2 Å². The molecule has 8 heteroatoms. The first-order valence-corrected chi connectivity index (χ1v) is 12.6. The molecule has 1 aromatic heterocycles. The minimum absolute atomic E-state index is 0.0152. The molecule has 0 bridgehead atoms. The van der Waals surface area contributed by atoms with Gasteiger partial charge < -0.3 is 19.1 Å². The molecular formula is C27H29F2N3O3. The highest BCUT2D eigenvalue weighted by atomic mass is 19.1. The van der Waals surface area contributed by atoms with Crippen LogP contribution in [0.4, 0.5) is 14.5 Å². The first-order chi connectivity index (χ1) is 17.1. The van der Waals surface area contributed by atoms with Crippen LogP contribution in [0.3, 0.4) is 0 Å². The van der Waals surface area contributed by atoms with Gasteiger partial charge in [0.1, 0.15) is 17.7 Å². The van der Waals surface area contributed by atoms with Crippen LogP contribution in [-0.4, -0.2) is 48.7 Å². The van der Waals surface area contributed by atoms with Crippen molar-refractivity contribution in [1.29, 1.82) is 0 Å². The van der Waals surface area contributed by atoms with E-state index in [4.69, 9.17) is 9.26 Å². The van der Waals surface area contributed by atoms with Crippen LogP contribution in [0.1, 0.15) is 61.0 Å². The second-order valence-electron chi connectivity index (χ2n) is 9.87. The minimum Gasteiger partial charge on any atom is -0.494 e. The van der Waals surface area contributed by atoms with Crippen molar-refractivity contribution < 1.29 is 22.8 Å². The van der Waals surface area contributed by atoms with Gasteiger partial charge in [-0.3, -0.25) is 4.79 Å². The number of likely N-dealkylation sites (tertiary alicyclic amines) is 1. The van der Waals surface area contributed by atoms with E-state index in [2.05, 4.69) is 10.1 Å². The van der Waals surface area contributed by atoms with Crippen LogP contribution in [0.2, 0.25) is 0 Å². The Labute approximate surface area is 202 Å². The molecule has 6 nitrogen and oxygen atoms in total. The highest BCUT2D eigenvalue weighted by Crippen LogP contribution is 2.45. The molecule has 1 unspecified atom stereocenters. The van der Waals surface area contributed by atoms with Gasteiger partial charge in [-0.2, -0.15) is 0 Å². The number of aryl methyl sites for hydroxylation is 1. The molecule has 0 radical (unpaired) electrons. The maximum atomic E-state index is 14.5. The number of hydrogen-bond acceptors (Lipinski definition) is 5. The van der Waals surface area contributed by atoms with Crippen molar-refractivity contribution in [3.8, 4) is 5.75 Å². The van der Waals surface area contributed by atoms with Crippen molar-refractivity contribution >= 4 is 22.6 Å². The molecule has 2 aromatic carbocycles. The quantitative estimate of drug-likeness (QED) is 0.428. The van der Waals surface area contributed by atoms with E-state index in [1.54, 1.807) is 17.0 Å². The number of anilines is 1. The Bertz CT molecular complexity index is 1250. The molecule has 3 aliphatic heterocycles. The Hall–Kier alpha value is -3.00. The number of hydrogen-bond donors (Lipinski definition) is 0. The van der Waals surface area contributed by atoms with Gasteiger partial charge in [-0.15, -0.1) is 0 Å². The maximum Gasteiger partial charge on any atom is 0.227 e. The van der Waals surface area contributed by atoms with Crippen molar-refractivity contribution in [2.24, 2.45) is 0 Å². The second-order valence-corrected chi connectivity index (χ2v) is 9.87. The van der Waals surface area contributed by atoms with Crippen molar-refractivity contribution in [1.82, 2.24) is 10.1 Å². The van der Waals surface area contributed by atoms with E-state index in [-0.39, 0.29) is 18.3 Å². The Morgan fingerprint density at radius 3 is 2.83 bits per heavy atom. The summed E-state index contributed by atoms with van der Waals surface area (Å²) in [6.07, 6.45) is 3.93. The molecular weight excluding hydrogens is 452 g/mol. The SMILES string of the molecule is O=C1CCc2cc(OCCCCN3CCC(c4noc5cc(F)ccc45)CC3)cc3c2N1CC3F. The Morgan fingerprint density at radius 2 is 1.97 bits per heavy atom. The molecule has 0 saturated carbocycles. The molecule has 1 atom stereocenters. The lowest BCUT2D eigenvalue weighted by Crippen LogP contribution is -2.34. The van der Waals surface area contributed by atoms with E-state index in [1.165, 1.54) is 12.1 Å². The number of alkyl halides is 1. The van der Waals surface area contributed by atoms with Gasteiger partial charge in [-0.1, -0.05) is 5.16 Å². The number of carbonyl (C=O) groups excluding carboxylic acids is 1. The number of aromatic nitrogens is 1. The number of fused-ring (bicyclic) bond motifs is 1. The van der Waals surface area contributed by atoms with E-state index >= 15 is 0 Å². The lowest BCUT2D eigenvalue weighted by molar-refractivity contribution is -0.118. The average molecular weight is 482 g/mol. The van der Waals surface area contributed by atoms with Gasteiger partial charge in [-0.25, -0.2) is 8.78 Å². The monoisotopic (exact) mass is 481 g/mol. The number of benzene rings is 2. The summed E-state index contributed by atoms with van der Waals surface area (Å²) in [5.74, 6) is 0.756. The molecule has 3 aliphatic rings. The van der Waals surface area contributed by atoms with Gasteiger partial charge in [0.05, 0.1) is 24.5 Å². The third kappa shape index (κ3) is 4.29. The standard InChI is InChI=1S/C27H29F2N3O3/c28-19-4-5-21-24(14-19)35-30-26(21)17-7-10-31(11-8-17)9-1-2-12-34-20-13-18-3-6-25(33)32-16-23(29)22(15-20)27(18)32/h4-5,13-15,17,23H,1-3,6-12,16H2. The summed E-state index contributed by atoms with van der Waals surface area (Å²) < 4.78 is 39.2. The summed E-state index contributed by atoms with van der Waals surface area (Å²) in [7, 11) is 0. The fourth-order valence-corrected chi connectivity index (χ4v) is 5.77. The van der Waals surface area contributed by atoms with Crippen molar-refractivity contribution in [3.05, 3.63) is 53.0 Å². The first-order valence-electron chi connectivity index (χ1n) is 12.6. The summed E-state index contributed by atoms with van der Waals surface area (Å²) in [6, 6.07) is 8.37. The van der Waals surface area contributed by atoms with Gasteiger partial charge in [0, 0.05) is 29.4 Å². The number of rotatable bonds is 7. The van der Waals surface area contributed by atoms with Crippen molar-refractivity contribution in [2.75, 3.05) is 37.7 Å². The molecule has 1 saturated heterocycles. The van der Waals surface area contributed by atoms with Crippen LogP contribution < -0.4 is 9.64 Å². The van der Waals surface area contributed by atoms with Crippen LogP contribution in [0, 0.1) is 5.82 Å². The second kappa shape index (κ2) is 9.22. The zero-order valence-corrected chi connectivity index (χ0v) is 19.6. The number of halogens is 2. The summed E-state index contributed by atoms with van der Waals surface area (Å²) in [5.41, 5.74) is 3.85. The Balaban J connectivity index is 0.964. The molecule has 0 aliphatic carbocycles. The van der Waals surface area contributed by atoms with Gasteiger partial charge in [0.25, 0.3) is 0 Å². The van der Waals surface area contributed by atoms with E-state index in [1.807, 2.05) is 6.07 Å². The molecule has 0 spiro atoms. The van der Waals surface area contributed by atoms with Crippen LogP contribution >= 0.6 is 0 Å². The average Bonchev–Trinajstić information content (AvgIpc) is 3.43. The minimum atomic E-state index is -1.13. The molecule has 3 aromatic rings. The molecule has 1 fully saturated rings. The highest BCUT2D eigenvalue weighted by molar-refractivity contribution is 5.99. The highest BCUT2D eigenvalue weighted by Gasteiger charge is 2.37. The lowest BCUT2D eigenvalue weighted by Gasteiger charge is -2.31. The van der Waals surface area contributed by atoms with Crippen LogP contribution in [0.15, 0.2) is 34.9 Å².